The molecule has 25 heavy (non-hydrogen) atoms. The van der Waals surface area contributed by atoms with Crippen LogP contribution in [0, 0.1) is 12.3 Å². The highest BCUT2D eigenvalue weighted by atomic mass is 16.2. The van der Waals surface area contributed by atoms with Crippen molar-refractivity contribution >= 4 is 5.91 Å². The minimum atomic E-state index is -0.136. The molecule has 1 unspecified atom stereocenters. The fourth-order valence-corrected chi connectivity index (χ4v) is 5.21. The molecule has 6 heteroatoms. The predicted octanol–water partition coefficient (Wildman–Crippen LogP) is 2.27. The number of rotatable bonds is 3. The Morgan fingerprint density at radius 1 is 1.12 bits per heavy atom. The van der Waals surface area contributed by atoms with Gasteiger partial charge in [0.25, 0.3) is 0 Å². The molecule has 1 aliphatic carbocycles. The second kappa shape index (κ2) is 6.71. The fraction of sp³-hybridized carbons (Fsp3) is 0.842. The summed E-state index contributed by atoms with van der Waals surface area (Å²) < 4.78 is 1.87. The van der Waals surface area contributed by atoms with Crippen LogP contribution in [0.1, 0.15) is 63.0 Å². The van der Waals surface area contributed by atoms with Crippen LogP contribution in [0.5, 0.6) is 0 Å². The number of likely N-dealkylation sites (tertiary alicyclic amines) is 2. The van der Waals surface area contributed by atoms with Crippen LogP contribution in [0.2, 0.25) is 0 Å². The largest absolute Gasteiger partial charge is 0.339 e. The Morgan fingerprint density at radius 2 is 1.92 bits per heavy atom. The molecule has 6 nitrogen and oxygen atoms in total. The van der Waals surface area contributed by atoms with Crippen molar-refractivity contribution in [3.63, 3.8) is 0 Å². The Hall–Kier alpha value is -1.43. The monoisotopic (exact) mass is 345 g/mol. The fourth-order valence-electron chi connectivity index (χ4n) is 5.21. The van der Waals surface area contributed by atoms with E-state index in [4.69, 9.17) is 0 Å². The first-order chi connectivity index (χ1) is 12.1. The summed E-state index contributed by atoms with van der Waals surface area (Å²) in [6.07, 6.45) is 9.58. The van der Waals surface area contributed by atoms with Crippen LogP contribution in [0.4, 0.5) is 0 Å². The van der Waals surface area contributed by atoms with Gasteiger partial charge in [0.05, 0.1) is 12.0 Å². The molecule has 2 aliphatic heterocycles. The van der Waals surface area contributed by atoms with Crippen LogP contribution in [-0.4, -0.2) is 56.1 Å². The Labute approximate surface area is 150 Å². The molecule has 1 spiro atoms. The minimum absolute atomic E-state index is 0.136. The zero-order valence-corrected chi connectivity index (χ0v) is 15.7. The van der Waals surface area contributed by atoms with Crippen LogP contribution in [-0.2, 0) is 18.4 Å². The summed E-state index contributed by atoms with van der Waals surface area (Å²) in [5.41, 5.74) is -0.136. The van der Waals surface area contributed by atoms with Gasteiger partial charge >= 0.3 is 0 Å². The highest BCUT2D eigenvalue weighted by Gasteiger charge is 2.49. The quantitative estimate of drug-likeness (QED) is 0.843. The maximum Gasteiger partial charge on any atom is 0.230 e. The first-order valence-electron chi connectivity index (χ1n) is 9.97. The van der Waals surface area contributed by atoms with Crippen molar-refractivity contribution in [2.75, 3.05) is 19.6 Å². The lowest BCUT2D eigenvalue weighted by Crippen LogP contribution is -2.54. The van der Waals surface area contributed by atoms with Gasteiger partial charge in [-0.3, -0.25) is 14.4 Å². The van der Waals surface area contributed by atoms with Gasteiger partial charge < -0.3 is 4.90 Å². The molecule has 3 aliphatic rings. The normalized spacial score (nSPS) is 29.0. The van der Waals surface area contributed by atoms with Crippen molar-refractivity contribution in [3.8, 4) is 0 Å². The van der Waals surface area contributed by atoms with Gasteiger partial charge in [-0.15, -0.1) is 0 Å². The van der Waals surface area contributed by atoms with Gasteiger partial charge in [0.1, 0.15) is 11.6 Å². The van der Waals surface area contributed by atoms with Gasteiger partial charge in [0.2, 0.25) is 5.91 Å². The third kappa shape index (κ3) is 3.21. The van der Waals surface area contributed by atoms with Gasteiger partial charge in [-0.05, 0) is 45.6 Å². The number of nitrogens with zero attached hydrogens (tertiary/aromatic N) is 5. The summed E-state index contributed by atoms with van der Waals surface area (Å²) in [7, 11) is 1.96. The summed E-state index contributed by atoms with van der Waals surface area (Å²) >= 11 is 0. The number of aromatic nitrogens is 3. The highest BCUT2D eigenvalue weighted by molar-refractivity contribution is 5.84. The van der Waals surface area contributed by atoms with E-state index in [9.17, 15) is 4.79 Å². The second-order valence-corrected chi connectivity index (χ2v) is 8.33. The number of hydrogen-bond acceptors (Lipinski definition) is 4. The van der Waals surface area contributed by atoms with E-state index in [0.717, 1.165) is 50.7 Å². The van der Waals surface area contributed by atoms with Gasteiger partial charge in [-0.25, -0.2) is 4.98 Å². The molecule has 138 valence electrons. The molecule has 0 N–H and O–H groups in total. The molecule has 3 heterocycles. The molecular weight excluding hydrogens is 314 g/mol. The van der Waals surface area contributed by atoms with Crippen molar-refractivity contribution in [2.45, 2.75) is 70.9 Å². The van der Waals surface area contributed by atoms with Gasteiger partial charge in [-0.1, -0.05) is 19.3 Å². The second-order valence-electron chi connectivity index (χ2n) is 8.33. The van der Waals surface area contributed by atoms with E-state index in [-0.39, 0.29) is 5.41 Å². The van der Waals surface area contributed by atoms with Crippen LogP contribution in [0.3, 0.4) is 0 Å². The molecule has 1 saturated carbocycles. The summed E-state index contributed by atoms with van der Waals surface area (Å²) in [5, 5.41) is 4.35. The highest BCUT2D eigenvalue weighted by Crippen LogP contribution is 2.42. The molecule has 3 fully saturated rings. The molecule has 0 radical (unpaired) electrons. The van der Waals surface area contributed by atoms with E-state index in [1.807, 2.05) is 18.7 Å². The number of hydrogen-bond donors (Lipinski definition) is 0. The summed E-state index contributed by atoms with van der Waals surface area (Å²) in [4.78, 5) is 22.6. The zero-order chi connectivity index (χ0) is 17.4. The van der Waals surface area contributed by atoms with Crippen LogP contribution in [0.25, 0.3) is 0 Å². The van der Waals surface area contributed by atoms with Crippen LogP contribution < -0.4 is 0 Å². The van der Waals surface area contributed by atoms with E-state index >= 15 is 0 Å². The summed E-state index contributed by atoms with van der Waals surface area (Å²) in [6.45, 7) is 5.60. The molecule has 0 aromatic carbocycles. The topological polar surface area (TPSA) is 54.3 Å². The Morgan fingerprint density at radius 3 is 2.64 bits per heavy atom. The maximum atomic E-state index is 13.4. The third-order valence-electron chi connectivity index (χ3n) is 6.54. The zero-order valence-electron chi connectivity index (χ0n) is 15.7. The first kappa shape index (κ1) is 17.0. The number of aryl methyl sites for hydroxylation is 2. The number of piperidine rings is 1. The summed E-state index contributed by atoms with van der Waals surface area (Å²) in [6, 6.07) is 0.508. The van der Waals surface area contributed by atoms with Gasteiger partial charge in [0.15, 0.2) is 0 Å². The first-order valence-corrected chi connectivity index (χ1v) is 9.97. The lowest BCUT2D eigenvalue weighted by molar-refractivity contribution is -0.149. The van der Waals surface area contributed by atoms with Gasteiger partial charge in [-0.2, -0.15) is 5.10 Å². The molecule has 4 rings (SSSR count). The van der Waals surface area contributed by atoms with Crippen LogP contribution in [0.15, 0.2) is 0 Å². The average molecular weight is 345 g/mol. The Balaban J connectivity index is 1.44. The predicted molar refractivity (Wildman–Crippen MR) is 95.9 cm³/mol. The number of amides is 1. The SMILES string of the molecule is Cc1nc(CN2CCC3(CCCN(C4CCCCC4)C3=O)C2)n(C)n1. The average Bonchev–Trinajstić information content (AvgIpc) is 3.15. The van der Waals surface area contributed by atoms with Crippen LogP contribution >= 0.6 is 0 Å². The van der Waals surface area contributed by atoms with E-state index < -0.39 is 0 Å². The van der Waals surface area contributed by atoms with Crippen molar-refractivity contribution in [1.82, 2.24) is 24.6 Å². The lowest BCUT2D eigenvalue weighted by atomic mass is 9.77. The van der Waals surface area contributed by atoms with E-state index in [1.54, 1.807) is 0 Å². The summed E-state index contributed by atoms with van der Waals surface area (Å²) in [5.74, 6) is 2.27. The molecule has 2 saturated heterocycles. The molecule has 1 atom stereocenters. The molecular formula is C19H31N5O. The minimum Gasteiger partial charge on any atom is -0.339 e. The third-order valence-corrected chi connectivity index (χ3v) is 6.54. The molecule has 1 aromatic rings. The smallest absolute Gasteiger partial charge is 0.230 e. The Bertz CT molecular complexity index is 636. The standard InChI is InChI=1S/C19H31N5O/c1-15-20-17(22(2)21-15)13-23-12-10-19(14-23)9-6-11-24(18(19)25)16-7-4-3-5-8-16/h16H,3-14H2,1-2H3. The molecule has 0 bridgehead atoms. The van der Waals surface area contributed by atoms with Crippen molar-refractivity contribution in [3.05, 3.63) is 11.6 Å². The van der Waals surface area contributed by atoms with Crippen molar-refractivity contribution in [2.24, 2.45) is 12.5 Å². The van der Waals surface area contributed by atoms with E-state index in [0.29, 0.717) is 11.9 Å². The number of carbonyl (C=O) groups is 1. The van der Waals surface area contributed by atoms with Gasteiger partial charge in [0, 0.05) is 26.2 Å². The van der Waals surface area contributed by atoms with E-state index in [2.05, 4.69) is 19.9 Å². The Kier molecular flexibility index (Phi) is 4.56. The van der Waals surface area contributed by atoms with Crippen molar-refractivity contribution in [1.29, 1.82) is 0 Å². The number of carbonyl (C=O) groups excluding carboxylic acids is 1. The van der Waals surface area contributed by atoms with E-state index in [1.165, 1.54) is 38.5 Å². The molecule has 1 amide bonds. The molecule has 1 aromatic heterocycles. The lowest BCUT2D eigenvalue weighted by Gasteiger charge is -2.44. The van der Waals surface area contributed by atoms with Crippen molar-refractivity contribution < 1.29 is 4.79 Å². The maximum absolute atomic E-state index is 13.4.